The maximum atomic E-state index is 14.0. The molecule has 202 valence electrons. The molecule has 0 radical (unpaired) electrons. The molecule has 2 N–H and O–H groups in total. The molecule has 39 heavy (non-hydrogen) atoms. The van der Waals surface area contributed by atoms with Crippen LogP contribution in [0.4, 0.5) is 34.6 Å². The second kappa shape index (κ2) is 10.7. The maximum Gasteiger partial charge on any atom is 0.516 e. The van der Waals surface area contributed by atoms with E-state index in [2.05, 4.69) is 10.3 Å². The average molecular weight is 583 g/mol. The van der Waals surface area contributed by atoms with Gasteiger partial charge in [-0.3, -0.25) is 19.6 Å². The normalized spacial score (nSPS) is 14.7. The fourth-order valence-corrected chi connectivity index (χ4v) is 4.41. The largest absolute Gasteiger partial charge is 0.516 e. The van der Waals surface area contributed by atoms with Gasteiger partial charge < -0.3 is 10.1 Å². The summed E-state index contributed by atoms with van der Waals surface area (Å²) in [4.78, 5) is 26.4. The quantitative estimate of drug-likeness (QED) is 0.153. The zero-order valence-corrected chi connectivity index (χ0v) is 20.7. The van der Waals surface area contributed by atoms with Crippen molar-refractivity contribution in [3.8, 4) is 11.5 Å². The molecule has 1 amide bonds. The predicted octanol–water partition coefficient (Wildman–Crippen LogP) is 5.87. The molecule has 1 heterocycles. The molecule has 0 aromatic heterocycles. The molecule has 0 atom stereocenters. The lowest BCUT2D eigenvalue weighted by Gasteiger charge is -2.11. The number of carbonyl (C=O) groups is 1. The fraction of sp³-hybridized carbons (Fsp3) is 0.0435. The van der Waals surface area contributed by atoms with Crippen molar-refractivity contribution in [1.82, 2.24) is 0 Å². The minimum Gasteiger partial charge on any atom is -0.454 e. The van der Waals surface area contributed by atoms with Gasteiger partial charge in [0.05, 0.1) is 15.9 Å². The number of amides is 1. The Morgan fingerprint density at radius 1 is 1.00 bits per heavy atom. The molecule has 16 heteroatoms. The third kappa shape index (κ3) is 6.71. The molecule has 3 aromatic rings. The number of halogens is 4. The van der Waals surface area contributed by atoms with Crippen LogP contribution in [0.25, 0.3) is 6.08 Å². The first-order chi connectivity index (χ1) is 18.3. The van der Waals surface area contributed by atoms with Gasteiger partial charge in [-0.2, -0.15) is 26.6 Å². The van der Waals surface area contributed by atoms with Gasteiger partial charge in [-0.1, -0.05) is 12.1 Å². The van der Waals surface area contributed by atoms with Gasteiger partial charge in [0.1, 0.15) is 5.75 Å². The van der Waals surface area contributed by atoms with E-state index < -0.39 is 37.9 Å². The Bertz CT molecular complexity index is 1610. The van der Waals surface area contributed by atoms with Gasteiger partial charge in [-0.25, -0.2) is 4.39 Å². The Kier molecular flexibility index (Phi) is 7.60. The first-order valence-electron chi connectivity index (χ1n) is 10.5. The molecule has 10 nitrogen and oxygen atoms in total. The number of nitrogens with one attached hydrogen (secondary N) is 2. The Morgan fingerprint density at radius 2 is 1.64 bits per heavy atom. The Balaban J connectivity index is 1.37. The molecule has 3 aromatic carbocycles. The molecule has 1 aliphatic rings. The summed E-state index contributed by atoms with van der Waals surface area (Å²) in [7, 11) is -5.55. The Labute approximate surface area is 221 Å². The number of anilines is 2. The second-order valence-electron chi connectivity index (χ2n) is 7.63. The molecule has 0 aliphatic carbocycles. The van der Waals surface area contributed by atoms with Gasteiger partial charge in [0.25, 0.3) is 11.6 Å². The number of aliphatic imine (C=N–C) groups is 1. The second-order valence-corrected chi connectivity index (χ2v) is 10.3. The lowest BCUT2D eigenvalue weighted by molar-refractivity contribution is -0.385. The number of alkyl halides is 3. The third-order valence-corrected chi connectivity index (χ3v) is 6.86. The van der Waals surface area contributed by atoms with Gasteiger partial charge in [0.15, 0.2) is 16.7 Å². The summed E-state index contributed by atoms with van der Waals surface area (Å²) in [6, 6.07) is 14.0. The van der Waals surface area contributed by atoms with E-state index >= 15 is 0 Å². The van der Waals surface area contributed by atoms with Crippen LogP contribution in [0.15, 0.2) is 76.6 Å². The van der Waals surface area contributed by atoms with Crippen molar-refractivity contribution >= 4 is 56.0 Å². The van der Waals surface area contributed by atoms with Crippen molar-refractivity contribution in [2.75, 3.05) is 10.0 Å². The summed E-state index contributed by atoms with van der Waals surface area (Å²) >= 11 is 0.993. The Morgan fingerprint density at radius 3 is 2.23 bits per heavy atom. The number of hydrogen-bond donors (Lipinski definition) is 2. The van der Waals surface area contributed by atoms with Crippen LogP contribution in [0.2, 0.25) is 0 Å². The van der Waals surface area contributed by atoms with Crippen molar-refractivity contribution in [1.29, 1.82) is 0 Å². The number of benzene rings is 3. The van der Waals surface area contributed by atoms with E-state index in [4.69, 9.17) is 4.74 Å². The lowest BCUT2D eigenvalue weighted by atomic mass is 10.2. The number of nitro benzene ring substituents is 1. The third-order valence-electron chi connectivity index (χ3n) is 4.85. The summed E-state index contributed by atoms with van der Waals surface area (Å²) in [5.41, 5.74) is -5.26. The van der Waals surface area contributed by atoms with E-state index in [0.717, 1.165) is 42.1 Å². The van der Waals surface area contributed by atoms with Gasteiger partial charge >= 0.3 is 15.5 Å². The van der Waals surface area contributed by atoms with E-state index in [1.54, 1.807) is 12.1 Å². The van der Waals surface area contributed by atoms with Crippen molar-refractivity contribution in [3.63, 3.8) is 0 Å². The molecule has 1 aliphatic heterocycles. The number of nitrogens with zero attached hydrogens (tertiary/aromatic N) is 2. The molecular weight excluding hydrogens is 568 g/mol. The van der Waals surface area contributed by atoms with Crippen LogP contribution in [0.1, 0.15) is 5.56 Å². The lowest BCUT2D eigenvalue weighted by Crippen LogP contribution is -2.29. The predicted molar refractivity (Wildman–Crippen MR) is 136 cm³/mol. The average Bonchev–Trinajstić information content (AvgIpc) is 3.20. The number of ether oxygens (including phenoxy) is 1. The number of thioether (sulfide) groups is 1. The zero-order valence-electron chi connectivity index (χ0n) is 19.1. The molecule has 0 bridgehead atoms. The van der Waals surface area contributed by atoms with Crippen molar-refractivity contribution < 1.29 is 40.4 Å². The van der Waals surface area contributed by atoms with Gasteiger partial charge in [-0.15, -0.1) is 0 Å². The highest BCUT2D eigenvalue weighted by Gasteiger charge is 2.46. The number of amidine groups is 1. The number of non-ortho nitro benzene ring substituents is 1. The van der Waals surface area contributed by atoms with Gasteiger partial charge in [0.2, 0.25) is 0 Å². The van der Waals surface area contributed by atoms with E-state index in [9.17, 15) is 40.9 Å². The van der Waals surface area contributed by atoms with Gasteiger partial charge in [0, 0.05) is 17.4 Å². The molecule has 0 saturated carbocycles. The molecular formula is C23H14F4N4O6S2. The summed E-state index contributed by atoms with van der Waals surface area (Å²) in [5.74, 6) is -1.42. The zero-order chi connectivity index (χ0) is 28.4. The van der Waals surface area contributed by atoms with Crippen LogP contribution < -0.4 is 14.8 Å². The molecule has 0 spiro atoms. The summed E-state index contributed by atoms with van der Waals surface area (Å²) in [5, 5.41) is 13.7. The van der Waals surface area contributed by atoms with Crippen LogP contribution in [-0.2, 0) is 14.8 Å². The topological polar surface area (TPSA) is 140 Å². The van der Waals surface area contributed by atoms with Crippen molar-refractivity contribution in [3.05, 3.63) is 93.1 Å². The Hall–Kier alpha value is -4.44. The van der Waals surface area contributed by atoms with E-state index in [-0.39, 0.29) is 27.3 Å². The maximum absolute atomic E-state index is 14.0. The minimum atomic E-state index is -5.55. The number of rotatable bonds is 7. The first kappa shape index (κ1) is 27.6. The van der Waals surface area contributed by atoms with Crippen LogP contribution >= 0.6 is 11.8 Å². The smallest absolute Gasteiger partial charge is 0.454 e. The minimum absolute atomic E-state index is 0.184. The highest BCUT2D eigenvalue weighted by atomic mass is 32.2. The van der Waals surface area contributed by atoms with Crippen molar-refractivity contribution in [2.24, 2.45) is 4.99 Å². The number of sulfonamides is 1. The number of hydrogen-bond acceptors (Lipinski definition) is 8. The van der Waals surface area contributed by atoms with E-state index in [1.165, 1.54) is 35.1 Å². The van der Waals surface area contributed by atoms with Crippen LogP contribution in [0.3, 0.4) is 0 Å². The highest BCUT2D eigenvalue weighted by molar-refractivity contribution is 8.18. The molecule has 4 rings (SSSR count). The van der Waals surface area contributed by atoms with E-state index in [1.807, 2.05) is 0 Å². The number of carbonyl (C=O) groups excluding carboxylic acids is 1. The SMILES string of the molecule is O=C1N=C(Nc2ccc(NS(=O)(=O)C(F)(F)F)cc2)S/C1=C/c1ccc(Oc2ccc([N+](=O)[O-])cc2F)cc1. The van der Waals surface area contributed by atoms with Crippen LogP contribution in [0.5, 0.6) is 11.5 Å². The first-order valence-corrected chi connectivity index (χ1v) is 12.8. The molecule has 0 unspecified atom stereocenters. The fourth-order valence-electron chi connectivity index (χ4n) is 3.02. The number of nitro groups is 1. The molecule has 0 saturated heterocycles. The summed E-state index contributed by atoms with van der Waals surface area (Å²) in [6.45, 7) is 0. The van der Waals surface area contributed by atoms with Gasteiger partial charge in [-0.05, 0) is 65.9 Å². The summed E-state index contributed by atoms with van der Waals surface area (Å²) < 4.78 is 80.7. The summed E-state index contributed by atoms with van der Waals surface area (Å²) in [6.07, 6.45) is 1.54. The highest BCUT2D eigenvalue weighted by Crippen LogP contribution is 2.32. The van der Waals surface area contributed by atoms with Crippen LogP contribution in [0, 0.1) is 15.9 Å². The van der Waals surface area contributed by atoms with E-state index in [0.29, 0.717) is 11.3 Å². The molecule has 0 fully saturated rings. The standard InChI is InChI=1S/C23H14F4N4O6S2/c24-18-12-16(31(33)34)7-10-19(18)37-17-8-1-13(2-9-17)11-20-21(32)29-22(38-20)28-14-3-5-15(6-4-14)30-39(35,36)23(25,26)27/h1-12,30H,(H,28,29,32)/b20-11+. The van der Waals surface area contributed by atoms with Crippen molar-refractivity contribution in [2.45, 2.75) is 5.51 Å². The van der Waals surface area contributed by atoms with Crippen LogP contribution in [-0.4, -0.2) is 29.9 Å². The monoisotopic (exact) mass is 582 g/mol.